The first-order valence-corrected chi connectivity index (χ1v) is 11.1. The van der Waals surface area contributed by atoms with Gasteiger partial charge in [0.05, 0.1) is 11.6 Å². The molecule has 7 nitrogen and oxygen atoms in total. The van der Waals surface area contributed by atoms with E-state index in [2.05, 4.69) is 0 Å². The minimum Gasteiger partial charge on any atom is -0.439 e. The zero-order valence-corrected chi connectivity index (χ0v) is 18.0. The van der Waals surface area contributed by atoms with Gasteiger partial charge in [-0.2, -0.15) is 0 Å². The summed E-state index contributed by atoms with van der Waals surface area (Å²) in [4.78, 5) is 44.9. The number of benzene rings is 2. The lowest BCUT2D eigenvalue weighted by Gasteiger charge is -2.31. The molecule has 166 valence electrons. The Hall–Kier alpha value is -3.19. The molecule has 3 fully saturated rings. The molecule has 0 N–H and O–H groups in total. The van der Waals surface area contributed by atoms with Crippen molar-refractivity contribution in [1.29, 1.82) is 0 Å². The Morgan fingerprint density at radius 1 is 1.00 bits per heavy atom. The van der Waals surface area contributed by atoms with Crippen molar-refractivity contribution in [2.24, 2.45) is 11.3 Å². The third-order valence-electron chi connectivity index (χ3n) is 7.06. The number of imide groups is 1. The first-order chi connectivity index (χ1) is 15.5. The second-order valence-electron chi connectivity index (χ2n) is 8.96. The Kier molecular flexibility index (Phi) is 5.21. The van der Waals surface area contributed by atoms with Gasteiger partial charge in [0.15, 0.2) is 0 Å². The van der Waals surface area contributed by atoms with E-state index in [-0.39, 0.29) is 29.3 Å². The molecule has 2 aliphatic heterocycles. The molecule has 2 heterocycles. The van der Waals surface area contributed by atoms with E-state index in [9.17, 15) is 14.4 Å². The van der Waals surface area contributed by atoms with Crippen LogP contribution < -0.4 is 0 Å². The molecule has 2 aromatic carbocycles. The largest absolute Gasteiger partial charge is 0.439 e. The summed E-state index contributed by atoms with van der Waals surface area (Å²) in [6.07, 6.45) is 1.27. The molecule has 1 aliphatic carbocycles. The van der Waals surface area contributed by atoms with Crippen LogP contribution in [0.3, 0.4) is 0 Å². The number of hydroxylamine groups is 2. The summed E-state index contributed by atoms with van der Waals surface area (Å²) in [5, 5.41) is 1.68. The van der Waals surface area contributed by atoms with Crippen molar-refractivity contribution in [3.05, 3.63) is 71.8 Å². The number of carbonyl (C=O) groups is 3. The smallest absolute Gasteiger partial charge is 0.417 e. The molecule has 7 heteroatoms. The molecule has 3 aliphatic rings. The normalized spacial score (nSPS) is 26.6. The first-order valence-electron chi connectivity index (χ1n) is 11.1. The number of rotatable bonds is 4. The van der Waals surface area contributed by atoms with Crippen molar-refractivity contribution in [3.8, 4) is 0 Å². The van der Waals surface area contributed by atoms with Crippen LogP contribution in [0.2, 0.25) is 0 Å². The zero-order valence-electron chi connectivity index (χ0n) is 18.0. The molecule has 1 unspecified atom stereocenters. The van der Waals surface area contributed by atoms with Crippen molar-refractivity contribution in [2.75, 3.05) is 13.1 Å². The number of carbonyl (C=O) groups excluding carboxylic acids is 3. The van der Waals surface area contributed by atoms with Crippen LogP contribution in [0.4, 0.5) is 4.79 Å². The Bertz CT molecular complexity index is 1020. The average Bonchev–Trinajstić information content (AvgIpc) is 3.44. The van der Waals surface area contributed by atoms with Gasteiger partial charge in [0.25, 0.3) is 0 Å². The molecule has 32 heavy (non-hydrogen) atoms. The van der Waals surface area contributed by atoms with Crippen LogP contribution in [-0.2, 0) is 14.4 Å². The number of piperidine rings is 1. The number of ether oxygens (including phenoxy) is 1. The van der Waals surface area contributed by atoms with Gasteiger partial charge in [-0.25, -0.2) is 14.5 Å². The average molecular weight is 434 g/mol. The van der Waals surface area contributed by atoms with E-state index in [0.29, 0.717) is 18.7 Å². The molecular weight excluding hydrogens is 408 g/mol. The van der Waals surface area contributed by atoms with Gasteiger partial charge in [-0.1, -0.05) is 48.5 Å². The summed E-state index contributed by atoms with van der Waals surface area (Å²) >= 11 is 0. The second kappa shape index (κ2) is 8.06. The van der Waals surface area contributed by atoms with E-state index in [1.807, 2.05) is 43.3 Å². The summed E-state index contributed by atoms with van der Waals surface area (Å²) < 4.78 is 5.55. The van der Waals surface area contributed by atoms with Gasteiger partial charge in [-0.05, 0) is 49.3 Å². The number of amides is 2. The molecule has 3 atom stereocenters. The van der Waals surface area contributed by atoms with Crippen LogP contribution in [0.1, 0.15) is 48.2 Å². The highest BCUT2D eigenvalue weighted by Crippen LogP contribution is 2.60. The SMILES string of the molecule is C[C@@H]1[C@H](c2ccccc2)OC(=O)N1C(=O)C1CC12CCN(OC(=O)c1ccccc1)CC2. The van der Waals surface area contributed by atoms with Crippen LogP contribution in [-0.4, -0.2) is 47.1 Å². The highest BCUT2D eigenvalue weighted by molar-refractivity contribution is 5.97. The number of hydrogen-bond acceptors (Lipinski definition) is 6. The van der Waals surface area contributed by atoms with Crippen molar-refractivity contribution in [1.82, 2.24) is 9.96 Å². The van der Waals surface area contributed by atoms with Gasteiger partial charge < -0.3 is 9.57 Å². The van der Waals surface area contributed by atoms with E-state index in [4.69, 9.17) is 9.57 Å². The van der Waals surface area contributed by atoms with E-state index in [0.717, 1.165) is 24.8 Å². The maximum Gasteiger partial charge on any atom is 0.417 e. The van der Waals surface area contributed by atoms with Crippen molar-refractivity contribution < 1.29 is 24.0 Å². The Morgan fingerprint density at radius 2 is 1.62 bits per heavy atom. The summed E-state index contributed by atoms with van der Waals surface area (Å²) in [6.45, 7) is 3.02. The van der Waals surface area contributed by atoms with Crippen LogP contribution in [0, 0.1) is 11.3 Å². The monoisotopic (exact) mass is 434 g/mol. The van der Waals surface area contributed by atoms with E-state index in [1.54, 1.807) is 29.3 Å². The fourth-order valence-corrected chi connectivity index (χ4v) is 5.03. The Morgan fingerprint density at radius 3 is 2.28 bits per heavy atom. The van der Waals surface area contributed by atoms with Crippen LogP contribution in [0.15, 0.2) is 60.7 Å². The van der Waals surface area contributed by atoms with E-state index >= 15 is 0 Å². The quantitative estimate of drug-likeness (QED) is 0.725. The molecule has 2 amide bonds. The summed E-state index contributed by atoms with van der Waals surface area (Å²) in [5.74, 6) is -0.694. The topological polar surface area (TPSA) is 76.2 Å². The van der Waals surface area contributed by atoms with Gasteiger partial charge in [-0.3, -0.25) is 4.79 Å². The number of nitrogens with zero attached hydrogens (tertiary/aromatic N) is 2. The highest BCUT2D eigenvalue weighted by atomic mass is 16.7. The van der Waals surface area contributed by atoms with Crippen LogP contribution >= 0.6 is 0 Å². The zero-order chi connectivity index (χ0) is 22.3. The molecular formula is C25H26N2O5. The summed E-state index contributed by atoms with van der Waals surface area (Å²) in [6, 6.07) is 18.1. The molecule has 0 bridgehead atoms. The van der Waals surface area contributed by atoms with Gasteiger partial charge in [0.1, 0.15) is 6.10 Å². The minimum atomic E-state index is -0.562. The predicted octanol–water partition coefficient (Wildman–Crippen LogP) is 3.97. The van der Waals surface area contributed by atoms with Gasteiger partial charge >= 0.3 is 12.1 Å². The predicted molar refractivity (Wildman–Crippen MR) is 115 cm³/mol. The molecule has 1 spiro atoms. The van der Waals surface area contributed by atoms with Gasteiger partial charge in [-0.15, -0.1) is 5.06 Å². The van der Waals surface area contributed by atoms with Crippen LogP contribution in [0.25, 0.3) is 0 Å². The lowest BCUT2D eigenvalue weighted by molar-refractivity contribution is -0.138. The Balaban J connectivity index is 1.18. The van der Waals surface area contributed by atoms with Crippen LogP contribution in [0.5, 0.6) is 0 Å². The highest BCUT2D eigenvalue weighted by Gasteiger charge is 2.62. The molecule has 0 aromatic heterocycles. The molecule has 2 saturated heterocycles. The Labute approximate surface area is 186 Å². The third kappa shape index (κ3) is 3.66. The summed E-state index contributed by atoms with van der Waals surface area (Å²) in [5.41, 5.74) is 1.29. The van der Waals surface area contributed by atoms with E-state index in [1.165, 1.54) is 4.90 Å². The second-order valence-corrected chi connectivity index (χ2v) is 8.96. The molecule has 5 rings (SSSR count). The van der Waals surface area contributed by atoms with Crippen molar-refractivity contribution in [3.63, 3.8) is 0 Å². The van der Waals surface area contributed by atoms with E-state index < -0.39 is 12.2 Å². The number of cyclic esters (lactones) is 1. The third-order valence-corrected chi connectivity index (χ3v) is 7.06. The van der Waals surface area contributed by atoms with Crippen molar-refractivity contribution in [2.45, 2.75) is 38.3 Å². The standard InChI is InChI=1S/C25H26N2O5/c1-17-21(18-8-4-2-5-9-18)31-24(30)27(17)22(28)20-16-25(20)12-14-26(15-13-25)32-23(29)19-10-6-3-7-11-19/h2-11,17,20-21H,12-16H2,1H3/t17-,20?,21-/m1/s1. The minimum absolute atomic E-state index is 0.114. The van der Waals surface area contributed by atoms with Gasteiger partial charge in [0, 0.05) is 19.0 Å². The first kappa shape index (κ1) is 20.7. The molecule has 1 saturated carbocycles. The molecule has 0 radical (unpaired) electrons. The fraction of sp³-hybridized carbons (Fsp3) is 0.400. The number of hydrogen-bond donors (Lipinski definition) is 0. The fourth-order valence-electron chi connectivity index (χ4n) is 5.03. The maximum absolute atomic E-state index is 13.2. The molecule has 2 aromatic rings. The maximum atomic E-state index is 13.2. The lowest BCUT2D eigenvalue weighted by Crippen LogP contribution is -2.42. The summed E-state index contributed by atoms with van der Waals surface area (Å²) in [7, 11) is 0. The lowest BCUT2D eigenvalue weighted by atomic mass is 9.91. The van der Waals surface area contributed by atoms with Crippen molar-refractivity contribution >= 4 is 18.0 Å². The van der Waals surface area contributed by atoms with Gasteiger partial charge in [0.2, 0.25) is 5.91 Å².